The molecule has 21 heavy (non-hydrogen) atoms. The van der Waals surface area contributed by atoms with Crippen LogP contribution in [-0.2, 0) is 0 Å². The average molecular weight is 346 g/mol. The molecule has 0 radical (unpaired) electrons. The van der Waals surface area contributed by atoms with Crippen LogP contribution in [0.1, 0.15) is 43.9 Å². The second-order valence-corrected chi connectivity index (χ2v) is 6.77. The fourth-order valence-corrected chi connectivity index (χ4v) is 3.31. The SMILES string of the molecule is CC(C)C(CN[C@H](C)c1ccccc1Br)c1ccccc1. The van der Waals surface area contributed by atoms with Gasteiger partial charge in [0.25, 0.3) is 0 Å². The van der Waals surface area contributed by atoms with Gasteiger partial charge in [0.2, 0.25) is 0 Å². The zero-order valence-corrected chi connectivity index (χ0v) is 14.6. The first-order valence-electron chi connectivity index (χ1n) is 7.62. The Kier molecular flexibility index (Phi) is 6.01. The molecule has 0 aromatic heterocycles. The molecule has 112 valence electrons. The van der Waals surface area contributed by atoms with Crippen LogP contribution in [0.15, 0.2) is 59.1 Å². The highest BCUT2D eigenvalue weighted by Crippen LogP contribution is 2.26. The van der Waals surface area contributed by atoms with Crippen molar-refractivity contribution in [1.82, 2.24) is 5.32 Å². The van der Waals surface area contributed by atoms with Crippen LogP contribution in [0.4, 0.5) is 0 Å². The predicted octanol–water partition coefficient (Wildman–Crippen LogP) is 5.54. The summed E-state index contributed by atoms with van der Waals surface area (Å²) in [6.07, 6.45) is 0. The van der Waals surface area contributed by atoms with Gasteiger partial charge in [0.15, 0.2) is 0 Å². The summed E-state index contributed by atoms with van der Waals surface area (Å²) in [5.74, 6) is 1.16. The van der Waals surface area contributed by atoms with Crippen LogP contribution in [0.2, 0.25) is 0 Å². The number of hydrogen-bond acceptors (Lipinski definition) is 1. The zero-order chi connectivity index (χ0) is 15.2. The van der Waals surface area contributed by atoms with Gasteiger partial charge >= 0.3 is 0 Å². The molecule has 1 nitrogen and oxygen atoms in total. The molecule has 2 aromatic carbocycles. The quantitative estimate of drug-likeness (QED) is 0.724. The van der Waals surface area contributed by atoms with Crippen LogP contribution in [-0.4, -0.2) is 6.54 Å². The predicted molar refractivity (Wildman–Crippen MR) is 94.6 cm³/mol. The van der Waals surface area contributed by atoms with Gasteiger partial charge in [0.05, 0.1) is 0 Å². The van der Waals surface area contributed by atoms with Crippen molar-refractivity contribution in [2.24, 2.45) is 5.92 Å². The van der Waals surface area contributed by atoms with Crippen LogP contribution >= 0.6 is 15.9 Å². The maximum Gasteiger partial charge on any atom is 0.0303 e. The van der Waals surface area contributed by atoms with Crippen LogP contribution < -0.4 is 5.32 Å². The molecule has 0 aliphatic rings. The Morgan fingerprint density at radius 2 is 1.52 bits per heavy atom. The zero-order valence-electron chi connectivity index (χ0n) is 13.0. The maximum atomic E-state index is 3.69. The van der Waals surface area contributed by atoms with Crippen molar-refractivity contribution in [3.8, 4) is 0 Å². The van der Waals surface area contributed by atoms with Gasteiger partial charge in [-0.25, -0.2) is 0 Å². The Balaban J connectivity index is 2.04. The van der Waals surface area contributed by atoms with E-state index in [4.69, 9.17) is 0 Å². The van der Waals surface area contributed by atoms with Crippen LogP contribution in [0.3, 0.4) is 0 Å². The lowest BCUT2D eigenvalue weighted by Gasteiger charge is -2.25. The summed E-state index contributed by atoms with van der Waals surface area (Å²) in [7, 11) is 0. The van der Waals surface area contributed by atoms with Crippen LogP contribution in [0.25, 0.3) is 0 Å². The van der Waals surface area contributed by atoms with Gasteiger partial charge in [-0.05, 0) is 36.0 Å². The Hall–Kier alpha value is -1.12. The standard InChI is InChI=1S/C19H24BrN/c1-14(2)18(16-9-5-4-6-10-16)13-21-15(3)17-11-7-8-12-19(17)20/h4-12,14-15,18,21H,13H2,1-3H3/t15-,18?/m1/s1. The first-order valence-corrected chi connectivity index (χ1v) is 8.41. The van der Waals surface area contributed by atoms with E-state index in [1.54, 1.807) is 0 Å². The minimum absolute atomic E-state index is 0.338. The lowest BCUT2D eigenvalue weighted by molar-refractivity contribution is 0.436. The van der Waals surface area contributed by atoms with Crippen molar-refractivity contribution in [1.29, 1.82) is 0 Å². The van der Waals surface area contributed by atoms with E-state index in [-0.39, 0.29) is 0 Å². The molecule has 0 heterocycles. The first kappa shape index (κ1) is 16.3. The van der Waals surface area contributed by atoms with Crippen molar-refractivity contribution in [2.45, 2.75) is 32.7 Å². The van der Waals surface area contributed by atoms with E-state index in [1.165, 1.54) is 15.6 Å². The molecular formula is C19H24BrN. The first-order chi connectivity index (χ1) is 10.1. The van der Waals surface area contributed by atoms with E-state index < -0.39 is 0 Å². The third-order valence-corrected chi connectivity index (χ3v) is 4.77. The molecule has 2 atom stereocenters. The van der Waals surface area contributed by atoms with E-state index >= 15 is 0 Å². The third kappa shape index (κ3) is 4.42. The van der Waals surface area contributed by atoms with Gasteiger partial charge in [0, 0.05) is 17.1 Å². The molecule has 0 amide bonds. The summed E-state index contributed by atoms with van der Waals surface area (Å²) in [6.45, 7) is 7.80. The molecule has 1 N–H and O–H groups in total. The van der Waals surface area contributed by atoms with Crippen molar-refractivity contribution in [3.63, 3.8) is 0 Å². The van der Waals surface area contributed by atoms with Gasteiger partial charge in [-0.3, -0.25) is 0 Å². The highest BCUT2D eigenvalue weighted by molar-refractivity contribution is 9.10. The normalized spacial score (nSPS) is 14.1. The number of halogens is 1. The summed E-state index contributed by atoms with van der Waals surface area (Å²) in [5, 5.41) is 3.69. The Bertz CT molecular complexity index is 551. The van der Waals surface area contributed by atoms with E-state index in [2.05, 4.69) is 96.6 Å². The van der Waals surface area contributed by atoms with E-state index in [1.807, 2.05) is 0 Å². The number of benzene rings is 2. The molecule has 2 aromatic rings. The lowest BCUT2D eigenvalue weighted by Crippen LogP contribution is -2.27. The summed E-state index contributed by atoms with van der Waals surface area (Å²) in [4.78, 5) is 0. The number of rotatable bonds is 6. The highest BCUT2D eigenvalue weighted by atomic mass is 79.9. The van der Waals surface area contributed by atoms with Gasteiger partial charge in [-0.2, -0.15) is 0 Å². The summed E-state index contributed by atoms with van der Waals surface area (Å²) in [5.41, 5.74) is 2.73. The minimum atomic E-state index is 0.338. The molecule has 0 aliphatic carbocycles. The average Bonchev–Trinajstić information content (AvgIpc) is 2.48. The summed E-state index contributed by atoms with van der Waals surface area (Å²) in [6, 6.07) is 19.6. The van der Waals surface area contributed by atoms with Gasteiger partial charge in [-0.15, -0.1) is 0 Å². The molecule has 2 rings (SSSR count). The van der Waals surface area contributed by atoms with Crippen LogP contribution in [0, 0.1) is 5.92 Å². The maximum absolute atomic E-state index is 3.69. The summed E-state index contributed by atoms with van der Waals surface area (Å²) >= 11 is 3.64. The monoisotopic (exact) mass is 345 g/mol. The Morgan fingerprint density at radius 1 is 0.905 bits per heavy atom. The molecule has 0 saturated heterocycles. The van der Waals surface area contributed by atoms with Gasteiger partial charge < -0.3 is 5.32 Å². The molecule has 0 spiro atoms. The van der Waals surface area contributed by atoms with Crippen molar-refractivity contribution >= 4 is 15.9 Å². The van der Waals surface area contributed by atoms with Crippen molar-refractivity contribution in [3.05, 3.63) is 70.2 Å². The van der Waals surface area contributed by atoms with Crippen LogP contribution in [0.5, 0.6) is 0 Å². The third-order valence-electron chi connectivity index (χ3n) is 4.05. The molecule has 0 aliphatic heterocycles. The number of hydrogen-bond donors (Lipinski definition) is 1. The fraction of sp³-hybridized carbons (Fsp3) is 0.368. The van der Waals surface area contributed by atoms with E-state index in [9.17, 15) is 0 Å². The minimum Gasteiger partial charge on any atom is -0.310 e. The second-order valence-electron chi connectivity index (χ2n) is 5.91. The Morgan fingerprint density at radius 3 is 2.14 bits per heavy atom. The largest absolute Gasteiger partial charge is 0.310 e. The second kappa shape index (κ2) is 7.77. The number of nitrogens with one attached hydrogen (secondary N) is 1. The molecule has 0 fully saturated rings. The molecular weight excluding hydrogens is 322 g/mol. The summed E-state index contributed by atoms with van der Waals surface area (Å²) < 4.78 is 1.17. The van der Waals surface area contributed by atoms with Crippen molar-refractivity contribution < 1.29 is 0 Å². The van der Waals surface area contributed by atoms with Gasteiger partial charge in [0.1, 0.15) is 0 Å². The van der Waals surface area contributed by atoms with E-state index in [0.717, 1.165) is 6.54 Å². The molecule has 0 saturated carbocycles. The lowest BCUT2D eigenvalue weighted by atomic mass is 9.88. The molecule has 1 unspecified atom stereocenters. The highest BCUT2D eigenvalue weighted by Gasteiger charge is 2.17. The smallest absolute Gasteiger partial charge is 0.0303 e. The topological polar surface area (TPSA) is 12.0 Å². The molecule has 0 bridgehead atoms. The Labute approximate surface area is 136 Å². The van der Waals surface area contributed by atoms with Gasteiger partial charge in [-0.1, -0.05) is 78.3 Å². The van der Waals surface area contributed by atoms with Crippen molar-refractivity contribution in [2.75, 3.05) is 6.54 Å². The molecule has 2 heteroatoms. The van der Waals surface area contributed by atoms with E-state index in [0.29, 0.717) is 17.9 Å². The fourth-order valence-electron chi connectivity index (χ4n) is 2.68.